The van der Waals surface area contributed by atoms with Gasteiger partial charge in [0.1, 0.15) is 4.60 Å². The molecule has 0 radical (unpaired) electrons. The van der Waals surface area contributed by atoms with Crippen molar-refractivity contribution >= 4 is 15.9 Å². The number of aryl methyl sites for hydroxylation is 1. The molecular formula is C7H9BrF3N3. The molecule has 0 saturated carbocycles. The molecule has 0 bridgehead atoms. The van der Waals surface area contributed by atoms with Crippen LogP contribution in [0.5, 0.6) is 0 Å². The maximum atomic E-state index is 12.2. The molecule has 0 aliphatic carbocycles. The Bertz CT molecular complexity index is 308. The van der Waals surface area contributed by atoms with Gasteiger partial charge in [-0.05, 0) is 22.4 Å². The van der Waals surface area contributed by atoms with E-state index in [9.17, 15) is 13.2 Å². The summed E-state index contributed by atoms with van der Waals surface area (Å²) in [5, 5.41) is 6.50. The smallest absolute Gasteiger partial charge is 0.238 e. The van der Waals surface area contributed by atoms with Crippen LogP contribution in [0, 0.1) is 0 Å². The highest BCUT2D eigenvalue weighted by Gasteiger charge is 2.37. The summed E-state index contributed by atoms with van der Waals surface area (Å²) < 4.78 is 37.8. The molecule has 1 heterocycles. The van der Waals surface area contributed by atoms with Gasteiger partial charge < -0.3 is 0 Å². The minimum absolute atomic E-state index is 0.0987. The highest BCUT2D eigenvalue weighted by Crippen LogP contribution is 2.32. The molecule has 0 unspecified atom stereocenters. The average molecular weight is 272 g/mol. The van der Waals surface area contributed by atoms with Crippen molar-refractivity contribution in [3.05, 3.63) is 10.3 Å². The maximum Gasteiger partial charge on any atom is 0.437 e. The lowest BCUT2D eigenvalue weighted by molar-refractivity contribution is -0.141. The molecule has 14 heavy (non-hydrogen) atoms. The first-order valence-corrected chi connectivity index (χ1v) is 4.92. The van der Waals surface area contributed by atoms with Crippen molar-refractivity contribution in [2.24, 2.45) is 0 Å². The van der Waals surface area contributed by atoms with Crippen LogP contribution in [0.15, 0.2) is 4.60 Å². The number of nitrogens with zero attached hydrogens (tertiary/aromatic N) is 3. The number of hydrogen-bond acceptors (Lipinski definition) is 2. The zero-order valence-corrected chi connectivity index (χ0v) is 9.06. The third-order valence-electron chi connectivity index (χ3n) is 1.67. The second-order valence-corrected chi connectivity index (χ2v) is 3.55. The van der Waals surface area contributed by atoms with E-state index in [4.69, 9.17) is 0 Å². The van der Waals surface area contributed by atoms with Crippen LogP contribution < -0.4 is 0 Å². The van der Waals surface area contributed by atoms with Gasteiger partial charge in [-0.1, -0.05) is 18.6 Å². The summed E-state index contributed by atoms with van der Waals surface area (Å²) in [4.78, 5) is 0. The van der Waals surface area contributed by atoms with E-state index >= 15 is 0 Å². The van der Waals surface area contributed by atoms with Gasteiger partial charge in [0.25, 0.3) is 0 Å². The molecule has 0 fully saturated rings. The SMILES string of the molecule is CCCCn1nnc(C(F)(F)F)c1Br. The normalized spacial score (nSPS) is 12.1. The van der Waals surface area contributed by atoms with E-state index < -0.39 is 11.9 Å². The van der Waals surface area contributed by atoms with Gasteiger partial charge in [-0.25, -0.2) is 4.68 Å². The van der Waals surface area contributed by atoms with Gasteiger partial charge in [0.2, 0.25) is 5.69 Å². The summed E-state index contributed by atoms with van der Waals surface area (Å²) in [7, 11) is 0. The summed E-state index contributed by atoms with van der Waals surface area (Å²) in [6.45, 7) is 2.40. The van der Waals surface area contributed by atoms with Crippen molar-refractivity contribution in [1.82, 2.24) is 15.0 Å². The van der Waals surface area contributed by atoms with E-state index in [2.05, 4.69) is 26.2 Å². The second kappa shape index (κ2) is 4.29. The third kappa shape index (κ3) is 2.46. The van der Waals surface area contributed by atoms with Gasteiger partial charge in [-0.15, -0.1) is 5.10 Å². The molecule has 0 spiro atoms. The van der Waals surface area contributed by atoms with Gasteiger partial charge >= 0.3 is 6.18 Å². The number of rotatable bonds is 3. The van der Waals surface area contributed by atoms with Crippen molar-refractivity contribution in [3.63, 3.8) is 0 Å². The molecule has 3 nitrogen and oxygen atoms in total. The fourth-order valence-corrected chi connectivity index (χ4v) is 1.48. The highest BCUT2D eigenvalue weighted by atomic mass is 79.9. The summed E-state index contributed by atoms with van der Waals surface area (Å²) in [5.41, 5.74) is -0.964. The largest absolute Gasteiger partial charge is 0.437 e. The summed E-state index contributed by atoms with van der Waals surface area (Å²) >= 11 is 2.84. The Hall–Kier alpha value is -0.590. The molecule has 0 aliphatic rings. The van der Waals surface area contributed by atoms with Crippen LogP contribution in [0.4, 0.5) is 13.2 Å². The van der Waals surface area contributed by atoms with Crippen molar-refractivity contribution in [3.8, 4) is 0 Å². The zero-order chi connectivity index (χ0) is 10.8. The topological polar surface area (TPSA) is 30.7 Å². The predicted molar refractivity (Wildman–Crippen MR) is 47.6 cm³/mol. The Morgan fingerprint density at radius 3 is 2.50 bits per heavy atom. The minimum Gasteiger partial charge on any atom is -0.238 e. The molecule has 1 aromatic rings. The van der Waals surface area contributed by atoms with Crippen molar-refractivity contribution in [1.29, 1.82) is 0 Å². The standard InChI is InChI=1S/C7H9BrF3N3/c1-2-3-4-14-6(8)5(12-13-14)7(9,10)11/h2-4H2,1H3. The van der Waals surface area contributed by atoms with Crippen LogP contribution in [0.2, 0.25) is 0 Å². The molecule has 0 aliphatic heterocycles. The van der Waals surface area contributed by atoms with Crippen LogP contribution >= 0.6 is 15.9 Å². The van der Waals surface area contributed by atoms with Gasteiger partial charge in [-0.3, -0.25) is 0 Å². The number of hydrogen-bond donors (Lipinski definition) is 0. The molecule has 0 amide bonds. The average Bonchev–Trinajstić information content (AvgIpc) is 2.42. The Labute approximate surface area is 87.4 Å². The van der Waals surface area contributed by atoms with Crippen molar-refractivity contribution in [2.75, 3.05) is 0 Å². The lowest BCUT2D eigenvalue weighted by atomic mass is 10.3. The van der Waals surface area contributed by atoms with Crippen LogP contribution in [0.3, 0.4) is 0 Å². The lowest BCUT2D eigenvalue weighted by Gasteiger charge is -2.03. The van der Waals surface area contributed by atoms with Gasteiger partial charge in [-0.2, -0.15) is 13.2 Å². The Balaban J connectivity index is 2.86. The monoisotopic (exact) mass is 271 g/mol. The van der Waals surface area contributed by atoms with E-state index in [1.807, 2.05) is 6.92 Å². The Morgan fingerprint density at radius 1 is 1.43 bits per heavy atom. The predicted octanol–water partition coefficient (Wildman–Crippen LogP) is 2.86. The Kier molecular flexibility index (Phi) is 3.52. The van der Waals surface area contributed by atoms with Crippen LogP contribution in [0.1, 0.15) is 25.5 Å². The van der Waals surface area contributed by atoms with E-state index in [1.165, 1.54) is 4.68 Å². The fraction of sp³-hybridized carbons (Fsp3) is 0.714. The first-order valence-electron chi connectivity index (χ1n) is 4.13. The second-order valence-electron chi connectivity index (χ2n) is 2.80. The van der Waals surface area contributed by atoms with E-state index in [0.717, 1.165) is 12.8 Å². The summed E-state index contributed by atoms with van der Waals surface area (Å²) in [6.07, 6.45) is -2.77. The molecule has 0 N–H and O–H groups in total. The third-order valence-corrected chi connectivity index (χ3v) is 2.45. The Morgan fingerprint density at radius 2 is 2.07 bits per heavy atom. The van der Waals surface area contributed by atoms with Gasteiger partial charge in [0.05, 0.1) is 0 Å². The van der Waals surface area contributed by atoms with Gasteiger partial charge in [0, 0.05) is 6.54 Å². The molecule has 1 rings (SSSR count). The van der Waals surface area contributed by atoms with Crippen LogP contribution in [0.25, 0.3) is 0 Å². The zero-order valence-electron chi connectivity index (χ0n) is 7.47. The first kappa shape index (κ1) is 11.5. The number of halogens is 4. The number of aromatic nitrogens is 3. The molecular weight excluding hydrogens is 263 g/mol. The fourth-order valence-electron chi connectivity index (χ4n) is 0.926. The number of alkyl halides is 3. The van der Waals surface area contributed by atoms with E-state index in [0.29, 0.717) is 6.54 Å². The lowest BCUT2D eigenvalue weighted by Crippen LogP contribution is -2.07. The molecule has 1 aromatic heterocycles. The summed E-state index contributed by atoms with van der Waals surface area (Å²) in [6, 6.07) is 0. The minimum atomic E-state index is -4.44. The molecule has 80 valence electrons. The van der Waals surface area contributed by atoms with Gasteiger partial charge in [0.15, 0.2) is 0 Å². The quantitative estimate of drug-likeness (QED) is 0.847. The first-order chi connectivity index (χ1) is 6.46. The highest BCUT2D eigenvalue weighted by molar-refractivity contribution is 9.10. The van der Waals surface area contributed by atoms with Crippen molar-refractivity contribution < 1.29 is 13.2 Å². The molecule has 0 atom stereocenters. The van der Waals surface area contributed by atoms with E-state index in [-0.39, 0.29) is 4.60 Å². The van der Waals surface area contributed by atoms with Crippen LogP contribution in [-0.2, 0) is 12.7 Å². The summed E-state index contributed by atoms with van der Waals surface area (Å²) in [5.74, 6) is 0. The van der Waals surface area contributed by atoms with Crippen LogP contribution in [-0.4, -0.2) is 15.0 Å². The molecule has 7 heteroatoms. The number of unbranched alkanes of at least 4 members (excludes halogenated alkanes) is 1. The van der Waals surface area contributed by atoms with E-state index in [1.54, 1.807) is 0 Å². The van der Waals surface area contributed by atoms with Crippen molar-refractivity contribution in [2.45, 2.75) is 32.5 Å². The maximum absolute atomic E-state index is 12.2. The molecule has 0 saturated heterocycles. The molecule has 0 aromatic carbocycles.